The number of nitrogens with zero attached hydrogens (tertiary/aromatic N) is 3. The molecule has 1 saturated heterocycles. The first-order valence-electron chi connectivity index (χ1n) is 11.2. The number of amides is 1. The van der Waals surface area contributed by atoms with Crippen molar-refractivity contribution in [2.45, 2.75) is 6.61 Å². The van der Waals surface area contributed by atoms with Crippen LogP contribution in [0.2, 0.25) is 0 Å². The maximum Gasteiger partial charge on any atom is 0.273 e. The number of benzene rings is 2. The smallest absolute Gasteiger partial charge is 0.273 e. The number of hydrogen-bond acceptors (Lipinski definition) is 7. The molecule has 1 aliphatic heterocycles. The van der Waals surface area contributed by atoms with Gasteiger partial charge in [0.1, 0.15) is 17.3 Å². The SMILES string of the molecule is COCCN1CCN(C(=O)c2csc(-c3ccc(OCc4ccc(F)c(F)c4)c(OC)c3)n2)CC1. The van der Waals surface area contributed by atoms with E-state index in [0.29, 0.717) is 47.5 Å². The van der Waals surface area contributed by atoms with Crippen LogP contribution in [0.3, 0.4) is 0 Å². The van der Waals surface area contributed by atoms with Gasteiger partial charge in [-0.3, -0.25) is 9.69 Å². The minimum atomic E-state index is -0.921. The molecule has 2 aromatic carbocycles. The molecule has 0 atom stereocenters. The van der Waals surface area contributed by atoms with E-state index >= 15 is 0 Å². The van der Waals surface area contributed by atoms with Gasteiger partial charge in [0.25, 0.3) is 5.91 Å². The first-order valence-corrected chi connectivity index (χ1v) is 12.1. The van der Waals surface area contributed by atoms with E-state index in [-0.39, 0.29) is 12.5 Å². The van der Waals surface area contributed by atoms with Crippen LogP contribution in [0, 0.1) is 11.6 Å². The summed E-state index contributed by atoms with van der Waals surface area (Å²) < 4.78 is 42.9. The second-order valence-corrected chi connectivity index (χ2v) is 8.93. The van der Waals surface area contributed by atoms with Crippen LogP contribution in [-0.4, -0.2) is 74.2 Å². The fourth-order valence-electron chi connectivity index (χ4n) is 3.77. The molecule has 0 N–H and O–H groups in total. The van der Waals surface area contributed by atoms with Crippen molar-refractivity contribution in [3.63, 3.8) is 0 Å². The predicted octanol–water partition coefficient (Wildman–Crippen LogP) is 4.08. The number of piperazine rings is 1. The van der Waals surface area contributed by atoms with E-state index in [1.165, 1.54) is 24.5 Å². The summed E-state index contributed by atoms with van der Waals surface area (Å²) >= 11 is 1.39. The summed E-state index contributed by atoms with van der Waals surface area (Å²) in [4.78, 5) is 21.6. The lowest BCUT2D eigenvalue weighted by Gasteiger charge is -2.34. The zero-order valence-electron chi connectivity index (χ0n) is 19.6. The van der Waals surface area contributed by atoms with Crippen molar-refractivity contribution in [2.24, 2.45) is 0 Å². The zero-order chi connectivity index (χ0) is 24.8. The molecule has 1 fully saturated rings. The molecule has 7 nitrogen and oxygen atoms in total. The van der Waals surface area contributed by atoms with E-state index in [1.54, 1.807) is 24.6 Å². The first kappa shape index (κ1) is 25.0. The number of carbonyl (C=O) groups excluding carboxylic acids is 1. The molecule has 1 aromatic heterocycles. The molecule has 0 aliphatic carbocycles. The molecule has 0 saturated carbocycles. The van der Waals surface area contributed by atoms with Crippen LogP contribution in [0.15, 0.2) is 41.8 Å². The van der Waals surface area contributed by atoms with Crippen molar-refractivity contribution in [3.05, 3.63) is 64.7 Å². The van der Waals surface area contributed by atoms with Crippen LogP contribution in [0.4, 0.5) is 8.78 Å². The standard InChI is InChI=1S/C25H27F2N3O4S/c1-32-12-11-29-7-9-30(10-8-29)25(31)21-16-35-24(28-21)18-4-6-22(23(14-18)33-2)34-15-17-3-5-19(26)20(27)13-17/h3-6,13-14,16H,7-12,15H2,1-2H3. The summed E-state index contributed by atoms with van der Waals surface area (Å²) in [6, 6.07) is 8.97. The Morgan fingerprint density at radius 2 is 1.83 bits per heavy atom. The minimum Gasteiger partial charge on any atom is -0.493 e. The molecule has 1 aliphatic rings. The van der Waals surface area contributed by atoms with Gasteiger partial charge >= 0.3 is 0 Å². The minimum absolute atomic E-state index is 0.0571. The van der Waals surface area contributed by atoms with Crippen LogP contribution in [-0.2, 0) is 11.3 Å². The molecule has 35 heavy (non-hydrogen) atoms. The highest BCUT2D eigenvalue weighted by atomic mass is 32.1. The number of aromatic nitrogens is 1. The normalized spacial score (nSPS) is 14.2. The molecule has 0 radical (unpaired) electrons. The second kappa shape index (κ2) is 11.6. The Morgan fingerprint density at radius 1 is 1.03 bits per heavy atom. The van der Waals surface area contributed by atoms with E-state index < -0.39 is 11.6 Å². The van der Waals surface area contributed by atoms with Crippen LogP contribution in [0.1, 0.15) is 16.1 Å². The maximum atomic E-state index is 13.4. The highest BCUT2D eigenvalue weighted by Crippen LogP contribution is 2.34. The Balaban J connectivity index is 1.40. The fourth-order valence-corrected chi connectivity index (χ4v) is 4.56. The number of thiazole rings is 1. The van der Waals surface area contributed by atoms with Gasteiger partial charge in [0.2, 0.25) is 0 Å². The summed E-state index contributed by atoms with van der Waals surface area (Å²) in [5.74, 6) is -0.963. The molecule has 2 heterocycles. The van der Waals surface area contributed by atoms with Gasteiger partial charge in [0.05, 0.1) is 13.7 Å². The average molecular weight is 504 g/mol. The summed E-state index contributed by atoms with van der Waals surface area (Å²) in [5.41, 5.74) is 1.71. The van der Waals surface area contributed by atoms with E-state index in [0.717, 1.165) is 37.3 Å². The summed E-state index contributed by atoms with van der Waals surface area (Å²) in [6.45, 7) is 4.55. The van der Waals surface area contributed by atoms with Gasteiger partial charge in [0, 0.05) is 50.8 Å². The van der Waals surface area contributed by atoms with Crippen LogP contribution in [0.5, 0.6) is 11.5 Å². The van der Waals surface area contributed by atoms with E-state index in [2.05, 4.69) is 9.88 Å². The molecule has 10 heteroatoms. The van der Waals surface area contributed by atoms with E-state index in [9.17, 15) is 13.6 Å². The molecule has 4 rings (SSSR count). The average Bonchev–Trinajstić information content (AvgIpc) is 3.38. The number of methoxy groups -OCH3 is 2. The number of carbonyl (C=O) groups is 1. The lowest BCUT2D eigenvalue weighted by molar-refractivity contribution is 0.0589. The lowest BCUT2D eigenvalue weighted by atomic mass is 10.2. The third-order valence-electron chi connectivity index (χ3n) is 5.78. The molecule has 186 valence electrons. The first-order chi connectivity index (χ1) is 17.0. The van der Waals surface area contributed by atoms with Gasteiger partial charge in [-0.2, -0.15) is 0 Å². The van der Waals surface area contributed by atoms with Gasteiger partial charge in [-0.15, -0.1) is 11.3 Å². The third-order valence-corrected chi connectivity index (χ3v) is 6.67. The fraction of sp³-hybridized carbons (Fsp3) is 0.360. The summed E-state index contributed by atoms with van der Waals surface area (Å²) in [6.07, 6.45) is 0. The molecule has 0 bridgehead atoms. The van der Waals surface area contributed by atoms with Gasteiger partial charge in [-0.25, -0.2) is 13.8 Å². The van der Waals surface area contributed by atoms with Gasteiger partial charge in [-0.05, 0) is 35.9 Å². The lowest BCUT2D eigenvalue weighted by Crippen LogP contribution is -2.49. The Hall–Kier alpha value is -3.08. The summed E-state index contributed by atoms with van der Waals surface area (Å²) in [7, 11) is 3.21. The Kier molecular flexibility index (Phi) is 8.27. The number of halogens is 2. The van der Waals surface area contributed by atoms with Crippen LogP contribution < -0.4 is 9.47 Å². The Labute approximate surface area is 206 Å². The molecule has 3 aromatic rings. The monoisotopic (exact) mass is 503 g/mol. The summed E-state index contributed by atoms with van der Waals surface area (Å²) in [5, 5.41) is 2.46. The van der Waals surface area contributed by atoms with Crippen LogP contribution in [0.25, 0.3) is 10.6 Å². The number of rotatable bonds is 9. The van der Waals surface area contributed by atoms with Crippen molar-refractivity contribution in [1.29, 1.82) is 0 Å². The quantitative estimate of drug-likeness (QED) is 0.439. The molecular weight excluding hydrogens is 476 g/mol. The van der Waals surface area contributed by atoms with Gasteiger partial charge < -0.3 is 19.1 Å². The van der Waals surface area contributed by atoms with Crippen molar-refractivity contribution in [1.82, 2.24) is 14.8 Å². The van der Waals surface area contributed by atoms with Crippen molar-refractivity contribution < 1.29 is 27.8 Å². The Morgan fingerprint density at radius 3 is 2.54 bits per heavy atom. The predicted molar refractivity (Wildman–Crippen MR) is 129 cm³/mol. The van der Waals surface area contributed by atoms with Gasteiger partial charge in [0.15, 0.2) is 23.1 Å². The zero-order valence-corrected chi connectivity index (χ0v) is 20.4. The number of ether oxygens (including phenoxy) is 3. The third kappa shape index (κ3) is 6.14. The van der Waals surface area contributed by atoms with Crippen LogP contribution >= 0.6 is 11.3 Å². The van der Waals surface area contributed by atoms with Gasteiger partial charge in [-0.1, -0.05) is 6.07 Å². The Bertz CT molecular complexity index is 1170. The number of hydrogen-bond donors (Lipinski definition) is 0. The topological polar surface area (TPSA) is 64.1 Å². The van der Waals surface area contributed by atoms with Crippen molar-refractivity contribution >= 4 is 17.2 Å². The highest BCUT2D eigenvalue weighted by molar-refractivity contribution is 7.13. The molecular formula is C25H27F2N3O4S. The molecule has 1 amide bonds. The van der Waals surface area contributed by atoms with E-state index in [1.807, 2.05) is 11.0 Å². The van der Waals surface area contributed by atoms with Crippen molar-refractivity contribution in [3.8, 4) is 22.1 Å². The second-order valence-electron chi connectivity index (χ2n) is 8.07. The molecule has 0 unspecified atom stereocenters. The maximum absolute atomic E-state index is 13.4. The van der Waals surface area contributed by atoms with E-state index in [4.69, 9.17) is 14.2 Å². The largest absolute Gasteiger partial charge is 0.493 e. The van der Waals surface area contributed by atoms with Crippen molar-refractivity contribution in [2.75, 3.05) is 53.6 Å². The molecule has 0 spiro atoms. The highest BCUT2D eigenvalue weighted by Gasteiger charge is 2.24.